The third-order valence-corrected chi connectivity index (χ3v) is 0. The Balaban J connectivity index is -0.00000000750. The smallest absolute Gasteiger partial charge is 0.412 e. The van der Waals surface area contributed by atoms with Gasteiger partial charge < -0.3 is 31.8 Å². The SMILES string of the molecule is O.O.O.O=[N+]([O-])[O-].[Pd+2]. The monoisotopic (exact) mass is 222 g/mol. The van der Waals surface area contributed by atoms with Crippen molar-refractivity contribution in [3.05, 3.63) is 15.3 Å². The van der Waals surface area contributed by atoms with E-state index in [2.05, 4.69) is 0 Å². The first-order chi connectivity index (χ1) is 1.73. The first-order valence-electron chi connectivity index (χ1n) is 0.548. The number of nitrogens with zero attached hydrogens (tertiary/aromatic N) is 1. The number of rotatable bonds is 0. The maximum atomic E-state index is 8.25. The molecule has 6 N–H and O–H groups in total. The van der Waals surface area contributed by atoms with Crippen molar-refractivity contribution in [2.45, 2.75) is 0 Å². The van der Waals surface area contributed by atoms with Crippen molar-refractivity contribution < 1.29 is 41.9 Å². The molecule has 56 valence electrons. The maximum Gasteiger partial charge on any atom is 2.00 e. The maximum absolute atomic E-state index is 8.25. The van der Waals surface area contributed by atoms with E-state index < -0.39 is 5.09 Å². The molecule has 0 saturated heterocycles. The Morgan fingerprint density at radius 2 is 1.00 bits per heavy atom. The molecule has 0 rings (SSSR count). The topological polar surface area (TPSA) is 161 Å². The molecule has 0 atom stereocenters. The van der Waals surface area contributed by atoms with Crippen LogP contribution >= 0.6 is 0 Å². The summed E-state index contributed by atoms with van der Waals surface area (Å²) >= 11 is 0. The van der Waals surface area contributed by atoms with Crippen LogP contribution in [0.15, 0.2) is 0 Å². The van der Waals surface area contributed by atoms with Gasteiger partial charge in [-0.05, 0) is 0 Å². The van der Waals surface area contributed by atoms with Crippen LogP contribution in [0, 0.1) is 15.3 Å². The Morgan fingerprint density at radius 1 is 1.00 bits per heavy atom. The first-order valence-corrected chi connectivity index (χ1v) is 0.548. The summed E-state index contributed by atoms with van der Waals surface area (Å²) < 4.78 is 0. The molecule has 0 saturated carbocycles. The predicted molar refractivity (Wildman–Crippen MR) is 21.2 cm³/mol. The largest absolute Gasteiger partial charge is 2.00 e. The third-order valence-electron chi connectivity index (χ3n) is 0. The van der Waals surface area contributed by atoms with Crippen LogP contribution in [0.2, 0.25) is 0 Å². The second-order valence-electron chi connectivity index (χ2n) is 0.224. The Bertz CT molecular complexity index is 31.5. The molecule has 0 aliphatic rings. The van der Waals surface area contributed by atoms with Gasteiger partial charge >= 0.3 is 20.4 Å². The summed E-state index contributed by atoms with van der Waals surface area (Å²) in [6, 6.07) is 0. The molecule has 0 aromatic heterocycles. The quantitative estimate of drug-likeness (QED) is 0.248. The van der Waals surface area contributed by atoms with Gasteiger partial charge in [0, 0.05) is 0 Å². The summed E-state index contributed by atoms with van der Waals surface area (Å²) in [4.78, 5) is 8.25. The standard InChI is InChI=1S/NO3.3H2O.Pd/c2-1(3)4;;;;/h;3*1H2;/q-1;;;;+2. The molecule has 0 heterocycles. The summed E-state index contributed by atoms with van der Waals surface area (Å²) in [7, 11) is 0. The van der Waals surface area contributed by atoms with Crippen LogP contribution in [0.1, 0.15) is 0 Å². The van der Waals surface area contributed by atoms with Crippen LogP contribution < -0.4 is 0 Å². The second kappa shape index (κ2) is 29.6. The van der Waals surface area contributed by atoms with Gasteiger partial charge in [-0.15, -0.1) is 0 Å². The van der Waals surface area contributed by atoms with Gasteiger partial charge in [-0.3, -0.25) is 0 Å². The van der Waals surface area contributed by atoms with E-state index in [4.69, 9.17) is 15.3 Å². The van der Waals surface area contributed by atoms with E-state index in [1.165, 1.54) is 0 Å². The minimum atomic E-state index is -1.75. The molecule has 8 heteroatoms. The Labute approximate surface area is 58.0 Å². The van der Waals surface area contributed by atoms with Crippen molar-refractivity contribution in [2.24, 2.45) is 0 Å². The van der Waals surface area contributed by atoms with E-state index >= 15 is 0 Å². The van der Waals surface area contributed by atoms with Gasteiger partial charge in [0.25, 0.3) is 0 Å². The zero-order valence-electron chi connectivity index (χ0n) is 3.49. The molecule has 7 nitrogen and oxygen atoms in total. The normalized spacial score (nSPS) is 3.00. The third kappa shape index (κ3) is 1950. The van der Waals surface area contributed by atoms with Crippen LogP contribution in [0.25, 0.3) is 0 Å². The summed E-state index contributed by atoms with van der Waals surface area (Å²) in [5.74, 6) is 0. The molecule has 0 aromatic carbocycles. The molecule has 0 spiro atoms. The minimum Gasteiger partial charge on any atom is -0.412 e. The van der Waals surface area contributed by atoms with Crippen molar-refractivity contribution in [3.8, 4) is 0 Å². The van der Waals surface area contributed by atoms with Gasteiger partial charge in [0.05, 0.1) is 5.09 Å². The summed E-state index contributed by atoms with van der Waals surface area (Å²) in [5, 5.41) is 14.8. The molecule has 0 radical (unpaired) electrons. The van der Waals surface area contributed by atoms with Crippen molar-refractivity contribution in [3.63, 3.8) is 0 Å². The molecule has 0 amide bonds. The van der Waals surface area contributed by atoms with Crippen LogP contribution in [0.3, 0.4) is 0 Å². The Hall–Kier alpha value is -0.258. The number of hydrogen-bond donors (Lipinski definition) is 0. The summed E-state index contributed by atoms with van der Waals surface area (Å²) in [6.07, 6.45) is 0. The zero-order chi connectivity index (χ0) is 3.58. The minimum absolute atomic E-state index is 0. The Morgan fingerprint density at radius 3 is 1.00 bits per heavy atom. The molecule has 0 aliphatic carbocycles. The number of hydrogen-bond acceptors (Lipinski definition) is 3. The molecule has 8 heavy (non-hydrogen) atoms. The fourth-order valence-corrected chi connectivity index (χ4v) is 0. The van der Waals surface area contributed by atoms with Gasteiger partial charge in [0.2, 0.25) is 0 Å². The van der Waals surface area contributed by atoms with E-state index in [0.717, 1.165) is 0 Å². The first kappa shape index (κ1) is 46.8. The van der Waals surface area contributed by atoms with Gasteiger partial charge in [0.1, 0.15) is 0 Å². The zero-order valence-corrected chi connectivity index (χ0v) is 5.04. The van der Waals surface area contributed by atoms with Gasteiger partial charge in [0.15, 0.2) is 0 Å². The van der Waals surface area contributed by atoms with Gasteiger partial charge in [-0.1, -0.05) is 0 Å². The van der Waals surface area contributed by atoms with E-state index in [-0.39, 0.29) is 36.9 Å². The molecule has 0 unspecified atom stereocenters. The van der Waals surface area contributed by atoms with Crippen LogP contribution in [-0.4, -0.2) is 21.5 Å². The van der Waals surface area contributed by atoms with Crippen molar-refractivity contribution in [1.29, 1.82) is 0 Å². The Kier molecular flexibility index (Phi) is 173. The molecule has 0 aromatic rings. The van der Waals surface area contributed by atoms with Crippen molar-refractivity contribution in [2.75, 3.05) is 0 Å². The van der Waals surface area contributed by atoms with Crippen molar-refractivity contribution >= 4 is 0 Å². The van der Waals surface area contributed by atoms with Gasteiger partial charge in [-0.2, -0.15) is 0 Å². The van der Waals surface area contributed by atoms with Crippen molar-refractivity contribution in [1.82, 2.24) is 0 Å². The summed E-state index contributed by atoms with van der Waals surface area (Å²) in [6.45, 7) is 0. The van der Waals surface area contributed by atoms with Crippen LogP contribution in [-0.2, 0) is 20.4 Å². The van der Waals surface area contributed by atoms with Gasteiger partial charge in [-0.25, -0.2) is 0 Å². The summed E-state index contributed by atoms with van der Waals surface area (Å²) in [5.41, 5.74) is 0. The molecule has 0 aliphatic heterocycles. The average Bonchev–Trinajstić information content (AvgIpc) is 0.811. The van der Waals surface area contributed by atoms with E-state index in [0.29, 0.717) is 0 Å². The predicted octanol–water partition coefficient (Wildman–Crippen LogP) is -2.72. The van der Waals surface area contributed by atoms with E-state index in [1.54, 1.807) is 0 Å². The van der Waals surface area contributed by atoms with E-state index in [1.807, 2.05) is 0 Å². The fraction of sp³-hybridized carbons (Fsp3) is 0. The molecular formula is H6NO6Pd+. The second-order valence-corrected chi connectivity index (χ2v) is 0.224. The fourth-order valence-electron chi connectivity index (χ4n) is 0. The van der Waals surface area contributed by atoms with E-state index in [9.17, 15) is 0 Å². The molecule has 0 bridgehead atoms. The van der Waals surface area contributed by atoms with Crippen LogP contribution in [0.5, 0.6) is 0 Å². The molecule has 0 fully saturated rings. The molecular weight excluding hydrogens is 216 g/mol. The van der Waals surface area contributed by atoms with Crippen LogP contribution in [0.4, 0.5) is 0 Å². The average molecular weight is 222 g/mol.